The van der Waals surface area contributed by atoms with Gasteiger partial charge in [0.25, 0.3) is 5.91 Å². The Morgan fingerprint density at radius 3 is 2.63 bits per heavy atom. The molecule has 1 N–H and O–H groups in total. The molecule has 138 valence electrons. The molecular weight excluding hydrogens is 360 g/mol. The van der Waals surface area contributed by atoms with Gasteiger partial charge in [0.1, 0.15) is 5.82 Å². The van der Waals surface area contributed by atoms with Gasteiger partial charge in [-0.1, -0.05) is 17.7 Å². The quantitative estimate of drug-likeness (QED) is 0.689. The summed E-state index contributed by atoms with van der Waals surface area (Å²) in [7, 11) is 1.98. The summed E-state index contributed by atoms with van der Waals surface area (Å²) in [4.78, 5) is 23.0. The Labute approximate surface area is 164 Å². The first-order valence-corrected chi connectivity index (χ1v) is 9.04. The summed E-state index contributed by atoms with van der Waals surface area (Å²) in [5, 5.41) is 3.46. The summed E-state index contributed by atoms with van der Waals surface area (Å²) < 4.78 is 0. The van der Waals surface area contributed by atoms with Gasteiger partial charge in [-0.25, -0.2) is 4.98 Å². The third-order valence-corrected chi connectivity index (χ3v) is 4.57. The zero-order valence-corrected chi connectivity index (χ0v) is 16.1. The molecule has 3 aromatic rings. The molecule has 0 aliphatic rings. The maximum absolute atomic E-state index is 12.5. The van der Waals surface area contributed by atoms with Gasteiger partial charge in [-0.3, -0.25) is 9.78 Å². The van der Waals surface area contributed by atoms with Crippen LogP contribution in [0.15, 0.2) is 61.1 Å². The van der Waals surface area contributed by atoms with E-state index in [1.54, 1.807) is 36.8 Å². The first-order chi connectivity index (χ1) is 13.0. The van der Waals surface area contributed by atoms with Crippen molar-refractivity contribution in [1.82, 2.24) is 9.97 Å². The second kappa shape index (κ2) is 8.64. The number of aromatic nitrogens is 2. The molecule has 1 amide bonds. The number of benzene rings is 1. The predicted molar refractivity (Wildman–Crippen MR) is 110 cm³/mol. The second-order valence-corrected chi connectivity index (χ2v) is 6.78. The Hall–Kier alpha value is -2.92. The van der Waals surface area contributed by atoms with Crippen molar-refractivity contribution in [3.05, 3.63) is 82.8 Å². The van der Waals surface area contributed by atoms with Crippen molar-refractivity contribution in [2.24, 2.45) is 0 Å². The molecule has 6 heteroatoms. The summed E-state index contributed by atoms with van der Waals surface area (Å²) in [5.74, 6) is 0.610. The number of likely N-dealkylation sites (N-methyl/N-ethyl adjacent to an activating group) is 1. The van der Waals surface area contributed by atoms with Crippen LogP contribution in [-0.4, -0.2) is 29.5 Å². The Kier molecular flexibility index (Phi) is 6.04. The molecule has 0 saturated carbocycles. The zero-order chi connectivity index (χ0) is 19.2. The highest BCUT2D eigenvalue weighted by Crippen LogP contribution is 2.21. The molecule has 0 aliphatic heterocycles. The maximum atomic E-state index is 12.5. The summed E-state index contributed by atoms with van der Waals surface area (Å²) in [6, 6.07) is 13.1. The molecule has 3 rings (SSSR count). The number of nitrogens with zero attached hydrogens (tertiary/aromatic N) is 3. The number of hydrogen-bond donors (Lipinski definition) is 1. The minimum Gasteiger partial charge on any atom is -0.359 e. The average molecular weight is 381 g/mol. The first-order valence-electron chi connectivity index (χ1n) is 8.66. The highest BCUT2D eigenvalue weighted by atomic mass is 35.5. The highest BCUT2D eigenvalue weighted by molar-refractivity contribution is 6.31. The molecule has 0 spiro atoms. The van der Waals surface area contributed by atoms with Crippen molar-refractivity contribution in [1.29, 1.82) is 0 Å². The fraction of sp³-hybridized carbons (Fsp3) is 0.190. The number of hydrogen-bond acceptors (Lipinski definition) is 4. The van der Waals surface area contributed by atoms with E-state index in [1.165, 1.54) is 5.56 Å². The highest BCUT2D eigenvalue weighted by Gasteiger charge is 2.10. The van der Waals surface area contributed by atoms with Gasteiger partial charge >= 0.3 is 0 Å². The van der Waals surface area contributed by atoms with E-state index < -0.39 is 0 Å². The van der Waals surface area contributed by atoms with Crippen LogP contribution in [0.4, 0.5) is 11.5 Å². The molecule has 27 heavy (non-hydrogen) atoms. The number of aryl methyl sites for hydroxylation is 1. The summed E-state index contributed by atoms with van der Waals surface area (Å²) in [6.45, 7) is 2.75. The summed E-state index contributed by atoms with van der Waals surface area (Å²) in [6.07, 6.45) is 6.08. The van der Waals surface area contributed by atoms with Gasteiger partial charge in [-0.2, -0.15) is 0 Å². The molecule has 0 radical (unpaired) electrons. The smallest absolute Gasteiger partial charge is 0.257 e. The third kappa shape index (κ3) is 5.05. The maximum Gasteiger partial charge on any atom is 0.257 e. The van der Waals surface area contributed by atoms with Crippen molar-refractivity contribution in [3.63, 3.8) is 0 Å². The molecular formula is C21H21ClN4O. The van der Waals surface area contributed by atoms with Gasteiger partial charge < -0.3 is 10.2 Å². The van der Waals surface area contributed by atoms with Crippen molar-refractivity contribution >= 4 is 29.0 Å². The van der Waals surface area contributed by atoms with Crippen LogP contribution in [-0.2, 0) is 6.42 Å². The van der Waals surface area contributed by atoms with Crippen LogP contribution in [0.3, 0.4) is 0 Å². The Bertz CT molecular complexity index is 913. The van der Waals surface area contributed by atoms with Crippen molar-refractivity contribution in [2.45, 2.75) is 13.3 Å². The van der Waals surface area contributed by atoms with Crippen molar-refractivity contribution in [2.75, 3.05) is 23.8 Å². The van der Waals surface area contributed by atoms with E-state index in [2.05, 4.69) is 20.2 Å². The monoisotopic (exact) mass is 380 g/mol. The lowest BCUT2D eigenvalue weighted by atomic mass is 10.2. The molecule has 5 nitrogen and oxygen atoms in total. The Morgan fingerprint density at radius 2 is 1.93 bits per heavy atom. The van der Waals surface area contributed by atoms with Crippen molar-refractivity contribution in [3.8, 4) is 0 Å². The Balaban J connectivity index is 1.62. The van der Waals surface area contributed by atoms with Crippen molar-refractivity contribution < 1.29 is 4.79 Å². The second-order valence-electron chi connectivity index (χ2n) is 6.35. The number of pyridine rings is 2. The van der Waals surface area contributed by atoms with E-state index in [9.17, 15) is 4.79 Å². The molecule has 0 unspecified atom stereocenters. The van der Waals surface area contributed by atoms with Gasteiger partial charge in [0, 0.05) is 42.9 Å². The van der Waals surface area contributed by atoms with Gasteiger partial charge in [0.2, 0.25) is 0 Å². The fourth-order valence-corrected chi connectivity index (χ4v) is 2.80. The molecule has 0 atom stereocenters. The van der Waals surface area contributed by atoms with E-state index in [0.29, 0.717) is 16.3 Å². The molecule has 0 saturated heterocycles. The van der Waals surface area contributed by atoms with E-state index in [0.717, 1.165) is 24.3 Å². The predicted octanol–water partition coefficient (Wildman–Crippen LogP) is 4.37. The van der Waals surface area contributed by atoms with E-state index in [-0.39, 0.29) is 5.91 Å². The number of halogens is 1. The van der Waals surface area contributed by atoms with Crippen LogP contribution in [0.5, 0.6) is 0 Å². The number of carbonyl (C=O) groups is 1. The summed E-state index contributed by atoms with van der Waals surface area (Å²) in [5.41, 5.74) is 3.38. The number of rotatable bonds is 6. The fourth-order valence-electron chi connectivity index (χ4n) is 2.63. The standard InChI is InChI=1S/C21H21ClN4O/c1-15-3-5-18(22)13-19(15)25-21(27)17-4-6-20(24-14-17)26(2)12-9-16-7-10-23-11-8-16/h3-8,10-11,13-14H,9,12H2,1-2H3,(H,25,27). The van der Waals surface area contributed by atoms with E-state index >= 15 is 0 Å². The van der Waals surface area contributed by atoms with Crippen LogP contribution < -0.4 is 10.2 Å². The van der Waals surface area contributed by atoms with Crippen LogP contribution in [0, 0.1) is 6.92 Å². The lowest BCUT2D eigenvalue weighted by Crippen LogP contribution is -2.21. The van der Waals surface area contributed by atoms with E-state index in [1.807, 2.05) is 38.2 Å². The topological polar surface area (TPSA) is 58.1 Å². The van der Waals surface area contributed by atoms with Crippen LogP contribution >= 0.6 is 11.6 Å². The zero-order valence-electron chi connectivity index (χ0n) is 15.3. The molecule has 0 aliphatic carbocycles. The average Bonchev–Trinajstić information content (AvgIpc) is 2.70. The lowest BCUT2D eigenvalue weighted by molar-refractivity contribution is 0.102. The Morgan fingerprint density at radius 1 is 1.15 bits per heavy atom. The minimum absolute atomic E-state index is 0.209. The minimum atomic E-state index is -0.209. The SMILES string of the molecule is Cc1ccc(Cl)cc1NC(=O)c1ccc(N(C)CCc2ccncc2)nc1. The molecule has 2 heterocycles. The third-order valence-electron chi connectivity index (χ3n) is 4.33. The number of carbonyl (C=O) groups excluding carboxylic acids is 1. The number of amides is 1. The number of anilines is 2. The van der Waals surface area contributed by atoms with Crippen LogP contribution in [0.25, 0.3) is 0 Å². The first kappa shape index (κ1) is 18.9. The summed E-state index contributed by atoms with van der Waals surface area (Å²) >= 11 is 6.00. The molecule has 1 aromatic carbocycles. The molecule has 0 fully saturated rings. The van der Waals surface area contributed by atoms with Gasteiger partial charge in [0.15, 0.2) is 0 Å². The van der Waals surface area contributed by atoms with Crippen LogP contribution in [0.1, 0.15) is 21.5 Å². The van der Waals surface area contributed by atoms with Gasteiger partial charge in [0.05, 0.1) is 5.56 Å². The normalized spacial score (nSPS) is 10.5. The van der Waals surface area contributed by atoms with Crippen LogP contribution in [0.2, 0.25) is 5.02 Å². The van der Waals surface area contributed by atoms with Gasteiger partial charge in [-0.05, 0) is 60.9 Å². The van der Waals surface area contributed by atoms with E-state index in [4.69, 9.17) is 11.6 Å². The molecule has 0 bridgehead atoms. The lowest BCUT2D eigenvalue weighted by Gasteiger charge is -2.18. The number of nitrogens with one attached hydrogen (secondary N) is 1. The molecule has 2 aromatic heterocycles. The largest absolute Gasteiger partial charge is 0.359 e. The van der Waals surface area contributed by atoms with Gasteiger partial charge in [-0.15, -0.1) is 0 Å².